The Bertz CT molecular complexity index is 832. The molecule has 4 nitrogen and oxygen atoms in total. The fraction of sp³-hybridized carbons (Fsp3) is 0.300. The van der Waals surface area contributed by atoms with E-state index in [1.807, 2.05) is 61.5 Å². The van der Waals surface area contributed by atoms with Gasteiger partial charge in [0.25, 0.3) is 5.91 Å². The predicted molar refractivity (Wildman–Crippen MR) is 90.5 cm³/mol. The summed E-state index contributed by atoms with van der Waals surface area (Å²) in [6, 6.07) is 17.4. The van der Waals surface area contributed by atoms with Gasteiger partial charge in [0.1, 0.15) is 5.41 Å². The number of anilines is 1. The number of fused-ring (bicyclic) bond motifs is 2. The molecule has 0 aromatic heterocycles. The Labute approximate surface area is 141 Å². The first kappa shape index (κ1) is 14.9. The molecular formula is C20H19NO3. The second kappa shape index (κ2) is 4.94. The normalized spacial score (nSPS) is 27.8. The van der Waals surface area contributed by atoms with Crippen LogP contribution < -0.4 is 4.90 Å². The van der Waals surface area contributed by atoms with Crippen molar-refractivity contribution >= 4 is 17.6 Å². The number of likely N-dealkylation sites (N-methyl/N-ethyl adjacent to an activating group) is 1. The Balaban J connectivity index is 1.88. The molecule has 1 fully saturated rings. The lowest BCUT2D eigenvalue weighted by Gasteiger charge is -2.53. The number of ether oxygens (including phenoxy) is 1. The van der Waals surface area contributed by atoms with Crippen LogP contribution in [0.4, 0.5) is 5.69 Å². The van der Waals surface area contributed by atoms with Crippen LogP contribution in [0.2, 0.25) is 0 Å². The van der Waals surface area contributed by atoms with Gasteiger partial charge in [-0.2, -0.15) is 0 Å². The highest BCUT2D eigenvalue weighted by molar-refractivity contribution is 6.14. The van der Waals surface area contributed by atoms with E-state index in [9.17, 15) is 9.59 Å². The zero-order chi connectivity index (χ0) is 16.9. The lowest BCUT2D eigenvalue weighted by Crippen LogP contribution is -2.69. The Morgan fingerprint density at radius 3 is 2.33 bits per heavy atom. The summed E-state index contributed by atoms with van der Waals surface area (Å²) in [5.74, 6) is -0.437. The standard InChI is InChI=1S/C20H19NO3/c1-3-19(13-14-9-5-4-6-10-14)18(23)24-20(19)15-11-7-8-12-16(15)21(2)17(20)22/h4-12H,3,13H2,1-2H3/t19-,20-/m0/s1. The number of benzene rings is 2. The summed E-state index contributed by atoms with van der Waals surface area (Å²) in [6.07, 6.45) is 1.05. The average Bonchev–Trinajstić information content (AvgIpc) is 2.85. The molecule has 1 amide bonds. The number of amides is 1. The average molecular weight is 321 g/mol. The zero-order valence-electron chi connectivity index (χ0n) is 13.8. The summed E-state index contributed by atoms with van der Waals surface area (Å²) in [6.45, 7) is 1.96. The molecule has 2 atom stereocenters. The molecule has 122 valence electrons. The predicted octanol–water partition coefficient (Wildman–Crippen LogP) is 3.05. The molecule has 0 unspecified atom stereocenters. The summed E-state index contributed by atoms with van der Waals surface area (Å²) in [5.41, 5.74) is 0.609. The smallest absolute Gasteiger partial charge is 0.318 e. The van der Waals surface area contributed by atoms with Crippen molar-refractivity contribution in [3.05, 3.63) is 65.7 Å². The van der Waals surface area contributed by atoms with E-state index in [4.69, 9.17) is 4.74 Å². The van der Waals surface area contributed by atoms with Gasteiger partial charge < -0.3 is 9.64 Å². The third-order valence-corrected chi connectivity index (χ3v) is 5.51. The Hall–Kier alpha value is -2.62. The summed E-state index contributed by atoms with van der Waals surface area (Å²) >= 11 is 0. The van der Waals surface area contributed by atoms with Gasteiger partial charge in [0, 0.05) is 12.6 Å². The van der Waals surface area contributed by atoms with E-state index < -0.39 is 11.0 Å². The van der Waals surface area contributed by atoms with Crippen molar-refractivity contribution in [3.63, 3.8) is 0 Å². The van der Waals surface area contributed by atoms with Crippen LogP contribution in [0, 0.1) is 5.41 Å². The van der Waals surface area contributed by atoms with Crippen LogP contribution in [0.1, 0.15) is 24.5 Å². The van der Waals surface area contributed by atoms with Crippen molar-refractivity contribution in [2.45, 2.75) is 25.4 Å². The van der Waals surface area contributed by atoms with Crippen LogP contribution in [0.3, 0.4) is 0 Å². The van der Waals surface area contributed by atoms with E-state index in [1.165, 1.54) is 0 Å². The van der Waals surface area contributed by atoms with Gasteiger partial charge in [0.05, 0.1) is 5.69 Å². The molecule has 1 spiro atoms. The Morgan fingerprint density at radius 1 is 1.00 bits per heavy atom. The van der Waals surface area contributed by atoms with E-state index in [-0.39, 0.29) is 11.9 Å². The second-order valence-electron chi connectivity index (χ2n) is 6.55. The molecule has 0 radical (unpaired) electrons. The number of hydrogen-bond donors (Lipinski definition) is 0. The SMILES string of the molecule is CC[C@]1(Cc2ccccc2)C(=O)O[C@@]12C(=O)N(C)c1ccccc12. The van der Waals surface area contributed by atoms with Gasteiger partial charge in [0.15, 0.2) is 0 Å². The van der Waals surface area contributed by atoms with Crippen molar-refractivity contribution in [2.24, 2.45) is 5.41 Å². The van der Waals surface area contributed by atoms with Crippen LogP contribution in [-0.2, 0) is 26.3 Å². The van der Waals surface area contributed by atoms with E-state index in [0.717, 1.165) is 16.8 Å². The van der Waals surface area contributed by atoms with Gasteiger partial charge in [-0.15, -0.1) is 0 Å². The van der Waals surface area contributed by atoms with Crippen LogP contribution in [0.15, 0.2) is 54.6 Å². The molecule has 2 heterocycles. The van der Waals surface area contributed by atoms with Crippen molar-refractivity contribution in [2.75, 3.05) is 11.9 Å². The molecule has 4 heteroatoms. The van der Waals surface area contributed by atoms with E-state index in [0.29, 0.717) is 12.8 Å². The van der Waals surface area contributed by atoms with Gasteiger partial charge in [-0.3, -0.25) is 9.59 Å². The van der Waals surface area contributed by atoms with Gasteiger partial charge >= 0.3 is 5.97 Å². The summed E-state index contributed by atoms with van der Waals surface area (Å²) in [7, 11) is 1.74. The largest absolute Gasteiger partial charge is 0.442 e. The highest BCUT2D eigenvalue weighted by Crippen LogP contribution is 2.62. The van der Waals surface area contributed by atoms with Crippen molar-refractivity contribution in [3.8, 4) is 0 Å². The molecule has 2 aromatic rings. The summed E-state index contributed by atoms with van der Waals surface area (Å²) < 4.78 is 5.65. The summed E-state index contributed by atoms with van der Waals surface area (Å²) in [5, 5.41) is 0. The molecule has 0 aliphatic carbocycles. The Kier molecular flexibility index (Phi) is 3.07. The number of carbonyl (C=O) groups excluding carboxylic acids is 2. The molecule has 1 saturated heterocycles. The minimum atomic E-state index is -1.19. The molecule has 4 rings (SSSR count). The Morgan fingerprint density at radius 2 is 1.67 bits per heavy atom. The first-order valence-electron chi connectivity index (χ1n) is 8.22. The van der Waals surface area contributed by atoms with Gasteiger partial charge in [-0.1, -0.05) is 55.5 Å². The van der Waals surface area contributed by atoms with Crippen LogP contribution in [0.5, 0.6) is 0 Å². The van der Waals surface area contributed by atoms with E-state index in [2.05, 4.69) is 0 Å². The zero-order valence-corrected chi connectivity index (χ0v) is 13.8. The fourth-order valence-electron chi connectivity index (χ4n) is 4.18. The molecule has 0 saturated carbocycles. The lowest BCUT2D eigenvalue weighted by molar-refractivity contribution is -0.242. The van der Waals surface area contributed by atoms with Crippen LogP contribution in [0.25, 0.3) is 0 Å². The summed E-state index contributed by atoms with van der Waals surface area (Å²) in [4.78, 5) is 27.4. The topological polar surface area (TPSA) is 46.6 Å². The lowest BCUT2D eigenvalue weighted by atomic mass is 9.59. The number of esters is 1. The van der Waals surface area contributed by atoms with Crippen molar-refractivity contribution < 1.29 is 14.3 Å². The maximum atomic E-state index is 13.1. The first-order valence-corrected chi connectivity index (χ1v) is 8.22. The fourth-order valence-corrected chi connectivity index (χ4v) is 4.18. The van der Waals surface area contributed by atoms with Crippen LogP contribution in [-0.4, -0.2) is 18.9 Å². The van der Waals surface area contributed by atoms with Crippen molar-refractivity contribution in [1.82, 2.24) is 0 Å². The number of para-hydroxylation sites is 1. The number of rotatable bonds is 3. The monoisotopic (exact) mass is 321 g/mol. The van der Waals surface area contributed by atoms with Gasteiger partial charge in [0.2, 0.25) is 5.60 Å². The minimum absolute atomic E-state index is 0.152. The first-order chi connectivity index (χ1) is 11.6. The molecule has 24 heavy (non-hydrogen) atoms. The molecule has 2 aromatic carbocycles. The quantitative estimate of drug-likeness (QED) is 0.816. The van der Waals surface area contributed by atoms with Gasteiger partial charge in [-0.25, -0.2) is 0 Å². The molecule has 2 aliphatic rings. The third-order valence-electron chi connectivity index (χ3n) is 5.51. The van der Waals surface area contributed by atoms with E-state index >= 15 is 0 Å². The van der Waals surface area contributed by atoms with Crippen molar-refractivity contribution in [1.29, 1.82) is 0 Å². The highest BCUT2D eigenvalue weighted by atomic mass is 16.6. The third kappa shape index (κ3) is 1.58. The van der Waals surface area contributed by atoms with Gasteiger partial charge in [-0.05, 0) is 24.5 Å². The highest BCUT2D eigenvalue weighted by Gasteiger charge is 2.76. The number of hydrogen-bond acceptors (Lipinski definition) is 3. The molecular weight excluding hydrogens is 302 g/mol. The maximum absolute atomic E-state index is 13.1. The maximum Gasteiger partial charge on any atom is 0.318 e. The molecule has 0 N–H and O–H groups in total. The minimum Gasteiger partial charge on any atom is -0.442 e. The number of nitrogens with zero attached hydrogens (tertiary/aromatic N) is 1. The molecule has 0 bridgehead atoms. The number of carbonyl (C=O) groups is 2. The van der Waals surface area contributed by atoms with Crippen LogP contribution >= 0.6 is 0 Å². The second-order valence-corrected chi connectivity index (χ2v) is 6.55. The van der Waals surface area contributed by atoms with E-state index in [1.54, 1.807) is 11.9 Å². The molecule has 2 aliphatic heterocycles.